The molecule has 0 heterocycles. The maximum atomic E-state index is 12.2. The van der Waals surface area contributed by atoms with Crippen LogP contribution in [0.5, 0.6) is 0 Å². The Morgan fingerprint density at radius 2 is 1.45 bits per heavy atom. The molecule has 154 valence electrons. The van der Waals surface area contributed by atoms with Gasteiger partial charge in [0.1, 0.15) is 6.61 Å². The molecule has 6 nitrogen and oxygen atoms in total. The Kier molecular flexibility index (Phi) is 7.22. The van der Waals surface area contributed by atoms with Crippen LogP contribution < -0.4 is 5.32 Å². The van der Waals surface area contributed by atoms with E-state index < -0.39 is 14.9 Å². The third kappa shape index (κ3) is 4.94. The summed E-state index contributed by atoms with van der Waals surface area (Å²) in [6, 6.07) is 19.1. The average Bonchev–Trinajstić information content (AvgIpc) is 2.77. The number of rotatable bonds is 9. The quantitative estimate of drug-likeness (QED) is 0.318. The van der Waals surface area contributed by atoms with Gasteiger partial charge in [-0.1, -0.05) is 48.5 Å². The number of benzene rings is 3. The van der Waals surface area contributed by atoms with Gasteiger partial charge in [-0.3, -0.25) is 0 Å². The fourth-order valence-corrected chi connectivity index (χ4v) is 5.23. The van der Waals surface area contributed by atoms with E-state index in [1.54, 1.807) is 21.3 Å². The summed E-state index contributed by atoms with van der Waals surface area (Å²) in [7, 11) is 2.12. The molecule has 3 aromatic rings. The summed E-state index contributed by atoms with van der Waals surface area (Å²) in [5.41, 5.74) is 1.01. The monoisotopic (exact) mass is 413 g/mol. The zero-order valence-electron chi connectivity index (χ0n) is 17.1. The number of hydrogen-bond acceptors (Lipinski definition) is 5. The third-order valence-electron chi connectivity index (χ3n) is 5.09. The first-order valence-corrected chi connectivity index (χ1v) is 11.5. The van der Waals surface area contributed by atoms with Crippen LogP contribution in [0.3, 0.4) is 0 Å². The molecule has 3 aromatic carbocycles. The van der Waals surface area contributed by atoms with Gasteiger partial charge in [-0.05, 0) is 34.0 Å². The maximum absolute atomic E-state index is 12.2. The lowest BCUT2D eigenvalue weighted by molar-refractivity contribution is 0.122. The normalized spacial score (nSPS) is 11.7. The predicted molar refractivity (Wildman–Crippen MR) is 116 cm³/mol. The molecular weight excluding hydrogens is 386 g/mol. The van der Waals surface area contributed by atoms with Gasteiger partial charge >= 0.3 is 14.9 Å². The zero-order chi connectivity index (χ0) is 20.7. The lowest BCUT2D eigenvalue weighted by Crippen LogP contribution is -2.43. The highest BCUT2D eigenvalue weighted by Crippen LogP contribution is 2.29. The number of ether oxygens (including phenoxy) is 1. The van der Waals surface area contributed by atoms with Gasteiger partial charge in [0.2, 0.25) is 0 Å². The van der Waals surface area contributed by atoms with Crippen LogP contribution in [0.4, 0.5) is 4.79 Å². The SMILES string of the molecule is CO[Si](CCCNC(=O)OCc1c2ccccc2cc2ccccc12)(OC)OC. The van der Waals surface area contributed by atoms with E-state index in [4.69, 9.17) is 18.0 Å². The van der Waals surface area contributed by atoms with Crippen molar-refractivity contribution in [2.24, 2.45) is 0 Å². The number of carbonyl (C=O) groups is 1. The predicted octanol–water partition coefficient (Wildman–Crippen LogP) is 4.49. The van der Waals surface area contributed by atoms with Gasteiger partial charge in [-0.2, -0.15) is 0 Å². The van der Waals surface area contributed by atoms with Crippen LogP contribution in [-0.4, -0.2) is 42.8 Å². The number of alkyl carbamates (subject to hydrolysis) is 1. The van der Waals surface area contributed by atoms with Crippen molar-refractivity contribution in [2.75, 3.05) is 27.9 Å². The highest BCUT2D eigenvalue weighted by Gasteiger charge is 2.36. The fourth-order valence-electron chi connectivity index (χ4n) is 3.50. The molecule has 1 amide bonds. The van der Waals surface area contributed by atoms with Crippen LogP contribution in [0.25, 0.3) is 21.5 Å². The molecule has 29 heavy (non-hydrogen) atoms. The molecule has 0 unspecified atom stereocenters. The Morgan fingerprint density at radius 1 is 0.897 bits per heavy atom. The van der Waals surface area contributed by atoms with Crippen LogP contribution in [0.15, 0.2) is 54.6 Å². The van der Waals surface area contributed by atoms with Gasteiger partial charge in [0.05, 0.1) is 0 Å². The third-order valence-corrected chi connectivity index (χ3v) is 7.92. The van der Waals surface area contributed by atoms with Crippen molar-refractivity contribution >= 4 is 36.4 Å². The largest absolute Gasteiger partial charge is 0.500 e. The molecule has 0 saturated carbocycles. The summed E-state index contributed by atoms with van der Waals surface area (Å²) >= 11 is 0. The van der Waals surface area contributed by atoms with Crippen molar-refractivity contribution in [1.29, 1.82) is 0 Å². The second-order valence-electron chi connectivity index (χ2n) is 6.70. The number of fused-ring (bicyclic) bond motifs is 2. The van der Waals surface area contributed by atoms with E-state index in [1.807, 2.05) is 24.3 Å². The molecule has 0 fully saturated rings. The molecule has 0 radical (unpaired) electrons. The van der Waals surface area contributed by atoms with E-state index in [0.717, 1.165) is 27.1 Å². The number of carbonyl (C=O) groups excluding carboxylic acids is 1. The maximum Gasteiger partial charge on any atom is 0.500 e. The molecule has 0 atom stereocenters. The van der Waals surface area contributed by atoms with Crippen molar-refractivity contribution in [1.82, 2.24) is 5.32 Å². The van der Waals surface area contributed by atoms with Crippen LogP contribution in [0, 0.1) is 0 Å². The molecular formula is C22H27NO5Si. The zero-order valence-corrected chi connectivity index (χ0v) is 18.1. The number of hydrogen-bond donors (Lipinski definition) is 1. The van der Waals surface area contributed by atoms with Gasteiger partial charge in [-0.15, -0.1) is 0 Å². The summed E-state index contributed by atoms with van der Waals surface area (Å²) < 4.78 is 21.7. The van der Waals surface area contributed by atoms with Gasteiger partial charge in [0.15, 0.2) is 0 Å². The Bertz CT molecular complexity index is 911. The lowest BCUT2D eigenvalue weighted by atomic mass is 9.97. The smallest absolute Gasteiger partial charge is 0.445 e. The van der Waals surface area contributed by atoms with E-state index >= 15 is 0 Å². The van der Waals surface area contributed by atoms with Gasteiger partial charge in [0.25, 0.3) is 0 Å². The van der Waals surface area contributed by atoms with Crippen LogP contribution in [0.1, 0.15) is 12.0 Å². The molecule has 7 heteroatoms. The summed E-state index contributed by atoms with van der Waals surface area (Å²) in [4.78, 5) is 12.2. The molecule has 0 aliphatic heterocycles. The summed E-state index contributed by atoms with van der Waals surface area (Å²) in [6.07, 6.45) is 0.232. The van der Waals surface area contributed by atoms with Crippen molar-refractivity contribution < 1.29 is 22.8 Å². The van der Waals surface area contributed by atoms with Crippen LogP contribution in [-0.2, 0) is 24.6 Å². The van der Waals surface area contributed by atoms with Crippen LogP contribution >= 0.6 is 0 Å². The second kappa shape index (κ2) is 9.84. The number of nitrogens with one attached hydrogen (secondary N) is 1. The first kappa shape index (κ1) is 21.3. The average molecular weight is 414 g/mol. The molecule has 0 bridgehead atoms. The Labute approximate surface area is 172 Å². The highest BCUT2D eigenvalue weighted by molar-refractivity contribution is 6.60. The standard InChI is InChI=1S/C22H27NO5Si/c1-25-29(26-2,27-3)14-8-13-23-22(24)28-16-21-19-11-6-4-9-17(19)15-18-10-5-7-12-20(18)21/h4-7,9-12,15H,8,13-14,16H2,1-3H3,(H,23,24). The Hall–Kier alpha value is -2.45. The second-order valence-corrected chi connectivity index (χ2v) is 9.79. The Balaban J connectivity index is 1.62. The fraction of sp³-hybridized carbons (Fsp3) is 0.318. The van der Waals surface area contributed by atoms with E-state index in [2.05, 4.69) is 35.6 Å². The molecule has 0 aromatic heterocycles. The van der Waals surface area contributed by atoms with Crippen molar-refractivity contribution in [2.45, 2.75) is 19.1 Å². The molecule has 0 aliphatic carbocycles. The van der Waals surface area contributed by atoms with E-state index in [-0.39, 0.29) is 6.61 Å². The molecule has 0 spiro atoms. The highest BCUT2D eigenvalue weighted by atomic mass is 28.4. The van der Waals surface area contributed by atoms with Crippen molar-refractivity contribution in [3.8, 4) is 0 Å². The van der Waals surface area contributed by atoms with Crippen LogP contribution in [0.2, 0.25) is 6.04 Å². The summed E-state index contributed by atoms with van der Waals surface area (Å²) in [5.74, 6) is 0. The molecule has 3 rings (SSSR count). The van der Waals surface area contributed by atoms with E-state index in [9.17, 15) is 4.79 Å². The van der Waals surface area contributed by atoms with Gasteiger partial charge < -0.3 is 23.3 Å². The number of amides is 1. The summed E-state index contributed by atoms with van der Waals surface area (Å²) in [5, 5.41) is 7.23. The topological polar surface area (TPSA) is 66.0 Å². The van der Waals surface area contributed by atoms with E-state index in [1.165, 1.54) is 0 Å². The Morgan fingerprint density at radius 3 is 2.00 bits per heavy atom. The lowest BCUT2D eigenvalue weighted by Gasteiger charge is -2.24. The van der Waals surface area contributed by atoms with Crippen molar-refractivity contribution in [3.63, 3.8) is 0 Å². The van der Waals surface area contributed by atoms with E-state index in [0.29, 0.717) is 19.0 Å². The first-order chi connectivity index (χ1) is 14.1. The molecule has 0 saturated heterocycles. The minimum atomic E-state index is -2.61. The molecule has 1 N–H and O–H groups in total. The summed E-state index contributed by atoms with van der Waals surface area (Å²) in [6.45, 7) is 0.667. The minimum absolute atomic E-state index is 0.209. The first-order valence-electron chi connectivity index (χ1n) is 9.58. The van der Waals surface area contributed by atoms with Crippen molar-refractivity contribution in [3.05, 3.63) is 60.2 Å². The minimum Gasteiger partial charge on any atom is -0.445 e. The molecule has 0 aliphatic rings. The van der Waals surface area contributed by atoms with Gasteiger partial charge in [0, 0.05) is 39.5 Å². The van der Waals surface area contributed by atoms with Gasteiger partial charge in [-0.25, -0.2) is 4.79 Å².